The van der Waals surface area contributed by atoms with E-state index in [9.17, 15) is 0 Å². The van der Waals surface area contributed by atoms with Gasteiger partial charge in [0.1, 0.15) is 0 Å². The second-order valence-electron chi connectivity index (χ2n) is 2.66. The molecule has 0 rings (SSSR count). The van der Waals surface area contributed by atoms with Gasteiger partial charge in [-0.2, -0.15) is 0 Å². The molecular weight excluding hydrogens is 122 g/mol. The lowest BCUT2D eigenvalue weighted by molar-refractivity contribution is 0.602. The van der Waals surface area contributed by atoms with Gasteiger partial charge in [-0.25, -0.2) is 0 Å². The van der Waals surface area contributed by atoms with Gasteiger partial charge < -0.3 is 5.32 Å². The molecule has 0 saturated carbocycles. The van der Waals surface area contributed by atoms with Gasteiger partial charge in [-0.15, -0.1) is 0 Å². The molecular formula is C9H20N. The second kappa shape index (κ2) is 8.96. The summed E-state index contributed by atoms with van der Waals surface area (Å²) in [5.41, 5.74) is 0. The third kappa shape index (κ3) is 7.96. The largest absolute Gasteiger partial charge is 0.317 e. The zero-order chi connectivity index (χ0) is 7.66. The molecule has 0 aromatic carbocycles. The summed E-state index contributed by atoms with van der Waals surface area (Å²) < 4.78 is 0. The number of hydrogen-bond donors (Lipinski definition) is 1. The quantitative estimate of drug-likeness (QED) is 0.538. The zero-order valence-corrected chi connectivity index (χ0v) is 7.16. The summed E-state index contributed by atoms with van der Waals surface area (Å²) in [6.45, 7) is 8.38. The molecule has 0 aliphatic heterocycles. The van der Waals surface area contributed by atoms with Crippen molar-refractivity contribution in [2.24, 2.45) is 0 Å². The topological polar surface area (TPSA) is 12.0 Å². The van der Waals surface area contributed by atoms with Crippen molar-refractivity contribution in [3.05, 3.63) is 6.92 Å². The van der Waals surface area contributed by atoms with Gasteiger partial charge in [-0.3, -0.25) is 0 Å². The van der Waals surface area contributed by atoms with Gasteiger partial charge in [0.15, 0.2) is 0 Å². The van der Waals surface area contributed by atoms with Gasteiger partial charge in [-0.05, 0) is 25.9 Å². The van der Waals surface area contributed by atoms with Gasteiger partial charge in [0, 0.05) is 0 Å². The fourth-order valence-electron chi connectivity index (χ4n) is 0.854. The average molecular weight is 142 g/mol. The maximum absolute atomic E-state index is 3.79. The van der Waals surface area contributed by atoms with E-state index in [-0.39, 0.29) is 0 Å². The number of rotatable bonds is 7. The highest BCUT2D eigenvalue weighted by Gasteiger charge is 1.85. The molecule has 0 unspecified atom stereocenters. The molecule has 0 fully saturated rings. The third-order valence-electron chi connectivity index (χ3n) is 1.56. The highest BCUT2D eigenvalue weighted by molar-refractivity contribution is 4.48. The smallest absolute Gasteiger partial charge is 0.00489 e. The van der Waals surface area contributed by atoms with Crippen LogP contribution >= 0.6 is 0 Å². The van der Waals surface area contributed by atoms with Crippen molar-refractivity contribution in [1.82, 2.24) is 5.32 Å². The molecule has 1 N–H and O–H groups in total. The SMILES string of the molecule is [CH2]CCCCNCCCC. The normalized spacial score (nSPS) is 10.2. The summed E-state index contributed by atoms with van der Waals surface area (Å²) in [6, 6.07) is 0. The van der Waals surface area contributed by atoms with Crippen LogP contribution in [0, 0.1) is 6.92 Å². The van der Waals surface area contributed by atoms with Crippen LogP contribution in [0.4, 0.5) is 0 Å². The highest BCUT2D eigenvalue weighted by Crippen LogP contribution is 1.90. The molecule has 0 saturated heterocycles. The Morgan fingerprint density at radius 3 is 2.40 bits per heavy atom. The molecule has 1 heteroatoms. The molecule has 0 bridgehead atoms. The van der Waals surface area contributed by atoms with E-state index in [4.69, 9.17) is 0 Å². The lowest BCUT2D eigenvalue weighted by Crippen LogP contribution is -2.16. The van der Waals surface area contributed by atoms with Crippen molar-refractivity contribution >= 4 is 0 Å². The summed E-state index contributed by atoms with van der Waals surface area (Å²) in [6.07, 6.45) is 6.23. The zero-order valence-electron chi connectivity index (χ0n) is 7.16. The van der Waals surface area contributed by atoms with E-state index in [0.717, 1.165) is 6.42 Å². The third-order valence-corrected chi connectivity index (χ3v) is 1.56. The van der Waals surface area contributed by atoms with Crippen molar-refractivity contribution < 1.29 is 0 Å². The lowest BCUT2D eigenvalue weighted by Gasteiger charge is -2.01. The Hall–Kier alpha value is -0.0400. The predicted octanol–water partition coefficient (Wildman–Crippen LogP) is 2.38. The summed E-state index contributed by atoms with van der Waals surface area (Å²) in [4.78, 5) is 0. The highest BCUT2D eigenvalue weighted by atomic mass is 14.8. The molecule has 0 spiro atoms. The summed E-state index contributed by atoms with van der Waals surface area (Å²) in [5.74, 6) is 0. The minimum absolute atomic E-state index is 1.08. The van der Waals surface area contributed by atoms with E-state index in [1.165, 1.54) is 38.8 Å². The van der Waals surface area contributed by atoms with E-state index < -0.39 is 0 Å². The fourth-order valence-corrected chi connectivity index (χ4v) is 0.854. The van der Waals surface area contributed by atoms with E-state index in [1.54, 1.807) is 0 Å². The van der Waals surface area contributed by atoms with Crippen LogP contribution in [0.1, 0.15) is 39.0 Å². The van der Waals surface area contributed by atoms with Crippen LogP contribution in [0.2, 0.25) is 0 Å². The number of hydrogen-bond acceptors (Lipinski definition) is 1. The molecule has 0 aromatic rings. The maximum Gasteiger partial charge on any atom is -0.00489 e. The second-order valence-corrected chi connectivity index (χ2v) is 2.66. The van der Waals surface area contributed by atoms with Crippen molar-refractivity contribution in [3.63, 3.8) is 0 Å². The lowest BCUT2D eigenvalue weighted by atomic mass is 10.2. The van der Waals surface area contributed by atoms with Crippen molar-refractivity contribution in [3.8, 4) is 0 Å². The predicted molar refractivity (Wildman–Crippen MR) is 47.0 cm³/mol. The van der Waals surface area contributed by atoms with E-state index >= 15 is 0 Å². The molecule has 10 heavy (non-hydrogen) atoms. The molecule has 0 amide bonds. The minimum Gasteiger partial charge on any atom is -0.317 e. The van der Waals surface area contributed by atoms with Crippen molar-refractivity contribution in [1.29, 1.82) is 0 Å². The Bertz CT molecular complexity index is 44.7. The van der Waals surface area contributed by atoms with Crippen LogP contribution in [0.15, 0.2) is 0 Å². The molecule has 1 nitrogen and oxygen atoms in total. The van der Waals surface area contributed by atoms with Crippen LogP contribution in [-0.2, 0) is 0 Å². The summed E-state index contributed by atoms with van der Waals surface area (Å²) in [7, 11) is 0. The first kappa shape index (κ1) is 9.96. The molecule has 61 valence electrons. The van der Waals surface area contributed by atoms with Gasteiger partial charge >= 0.3 is 0 Å². The van der Waals surface area contributed by atoms with Gasteiger partial charge in [0.25, 0.3) is 0 Å². The van der Waals surface area contributed by atoms with Crippen LogP contribution in [-0.4, -0.2) is 13.1 Å². The van der Waals surface area contributed by atoms with Crippen LogP contribution < -0.4 is 5.32 Å². The Morgan fingerprint density at radius 2 is 1.80 bits per heavy atom. The maximum atomic E-state index is 3.79. The van der Waals surface area contributed by atoms with E-state index in [2.05, 4.69) is 19.2 Å². The van der Waals surface area contributed by atoms with Gasteiger partial charge in [0.2, 0.25) is 0 Å². The molecule has 0 heterocycles. The molecule has 1 radical (unpaired) electrons. The minimum atomic E-state index is 1.08. The van der Waals surface area contributed by atoms with E-state index in [1.807, 2.05) is 0 Å². The molecule has 0 atom stereocenters. The summed E-state index contributed by atoms with van der Waals surface area (Å²) in [5, 5.41) is 3.39. The average Bonchev–Trinajstić information content (AvgIpc) is 1.97. The number of nitrogens with one attached hydrogen (secondary N) is 1. The van der Waals surface area contributed by atoms with E-state index in [0.29, 0.717) is 0 Å². The summed E-state index contributed by atoms with van der Waals surface area (Å²) >= 11 is 0. The first-order valence-electron chi connectivity index (χ1n) is 4.41. The Kier molecular flexibility index (Phi) is 8.92. The Balaban J connectivity index is 2.65. The monoisotopic (exact) mass is 142 g/mol. The van der Waals surface area contributed by atoms with Crippen LogP contribution in [0.25, 0.3) is 0 Å². The van der Waals surface area contributed by atoms with Gasteiger partial charge in [-0.1, -0.05) is 33.1 Å². The standard InChI is InChI=1S/C9H20N/c1-3-5-7-9-10-8-6-4-2/h10H,1,3-9H2,2H3. The Morgan fingerprint density at radius 1 is 1.10 bits per heavy atom. The van der Waals surface area contributed by atoms with Crippen LogP contribution in [0.3, 0.4) is 0 Å². The Labute approximate surface area is 65.2 Å². The van der Waals surface area contributed by atoms with Crippen molar-refractivity contribution in [2.45, 2.75) is 39.0 Å². The first-order chi connectivity index (χ1) is 4.91. The fraction of sp³-hybridized carbons (Fsp3) is 0.889. The molecule has 0 aliphatic carbocycles. The molecule has 0 aromatic heterocycles. The van der Waals surface area contributed by atoms with Gasteiger partial charge in [0.05, 0.1) is 0 Å². The first-order valence-corrected chi connectivity index (χ1v) is 4.41. The van der Waals surface area contributed by atoms with Crippen LogP contribution in [0.5, 0.6) is 0 Å². The number of unbranched alkanes of at least 4 members (excludes halogenated alkanes) is 3. The molecule has 0 aliphatic rings. The van der Waals surface area contributed by atoms with Crippen molar-refractivity contribution in [2.75, 3.05) is 13.1 Å².